The smallest absolute Gasteiger partial charge is 0.337 e. The van der Waals surface area contributed by atoms with Crippen molar-refractivity contribution in [2.24, 2.45) is 0 Å². The first kappa shape index (κ1) is 14.1. The van der Waals surface area contributed by atoms with Crippen LogP contribution in [0, 0.1) is 0 Å². The Balaban J connectivity index is 0.000000293. The minimum atomic E-state index is -0.942. The van der Waals surface area contributed by atoms with Gasteiger partial charge in [-0.3, -0.25) is 14.7 Å². The van der Waals surface area contributed by atoms with Crippen LogP contribution in [0.15, 0.2) is 24.5 Å². The third-order valence-corrected chi connectivity index (χ3v) is 1.36. The van der Waals surface area contributed by atoms with Gasteiger partial charge in [0.05, 0.1) is 12.1 Å². The summed E-state index contributed by atoms with van der Waals surface area (Å²) in [6, 6.07) is 3.08. The van der Waals surface area contributed by atoms with Crippen LogP contribution in [0.5, 0.6) is 0 Å². The number of carboxylic acids is 2. The predicted octanol–water partition coefficient (Wildman–Crippen LogP) is 0.412. The Morgan fingerprint density at radius 3 is 2.19 bits per heavy atom. The molecule has 0 saturated carbocycles. The van der Waals surface area contributed by atoms with Crippen molar-refractivity contribution in [3.05, 3.63) is 30.1 Å². The average molecular weight is 226 g/mol. The molecule has 16 heavy (non-hydrogen) atoms. The van der Waals surface area contributed by atoms with Crippen LogP contribution in [0.1, 0.15) is 10.4 Å². The maximum Gasteiger partial charge on any atom is 0.337 e. The Labute approximate surface area is 93.2 Å². The topological polar surface area (TPSA) is 90.7 Å². The van der Waals surface area contributed by atoms with E-state index in [0.717, 1.165) is 0 Å². The number of hydrogen-bond donors (Lipinski definition) is 2. The van der Waals surface area contributed by atoms with Crippen LogP contribution in [0.3, 0.4) is 0 Å². The number of aromatic nitrogens is 1. The summed E-state index contributed by atoms with van der Waals surface area (Å²) in [7, 11) is 3.43. The normalized spacial score (nSPS) is 9.19. The average Bonchev–Trinajstić information content (AvgIpc) is 2.17. The summed E-state index contributed by atoms with van der Waals surface area (Å²) in [6.45, 7) is 0.111. The first-order valence-corrected chi connectivity index (χ1v) is 4.43. The number of nitrogens with zero attached hydrogens (tertiary/aromatic N) is 2. The minimum absolute atomic E-state index is 0.111. The molecule has 0 fully saturated rings. The largest absolute Gasteiger partial charge is 0.480 e. The fourth-order valence-corrected chi connectivity index (χ4v) is 0.760. The van der Waals surface area contributed by atoms with E-state index in [1.54, 1.807) is 25.1 Å². The van der Waals surface area contributed by atoms with Crippen molar-refractivity contribution in [3.63, 3.8) is 0 Å². The molecule has 0 unspecified atom stereocenters. The summed E-state index contributed by atoms with van der Waals surface area (Å²) in [6.07, 6.45) is 2.84. The molecular weight excluding hydrogens is 212 g/mol. The van der Waals surface area contributed by atoms with E-state index in [1.807, 2.05) is 0 Å². The lowest BCUT2D eigenvalue weighted by atomic mass is 10.3. The minimum Gasteiger partial charge on any atom is -0.480 e. The molecule has 6 heteroatoms. The van der Waals surface area contributed by atoms with Gasteiger partial charge >= 0.3 is 11.9 Å². The van der Waals surface area contributed by atoms with Crippen molar-refractivity contribution >= 4 is 11.9 Å². The molecule has 1 aromatic rings. The second-order valence-electron chi connectivity index (χ2n) is 3.18. The number of aromatic carboxylic acids is 1. The Morgan fingerprint density at radius 2 is 2.00 bits per heavy atom. The highest BCUT2D eigenvalue weighted by Crippen LogP contribution is 1.92. The van der Waals surface area contributed by atoms with Crippen molar-refractivity contribution < 1.29 is 19.8 Å². The highest BCUT2D eigenvalue weighted by atomic mass is 16.4. The standard InChI is InChI=1S/C6H5NO2.C4H9NO2/c8-6(9)5-2-1-3-7-4-5;1-5(2)3-4(6)7/h1-4H,(H,8,9);3H2,1-2H3,(H,6,7). The molecule has 0 atom stereocenters. The summed E-state index contributed by atoms with van der Waals surface area (Å²) in [5.41, 5.74) is 0.220. The number of hydrogen-bond acceptors (Lipinski definition) is 4. The fraction of sp³-hybridized carbons (Fsp3) is 0.300. The van der Waals surface area contributed by atoms with Crippen LogP contribution in [-0.2, 0) is 4.79 Å². The highest BCUT2D eigenvalue weighted by Gasteiger charge is 1.97. The fourth-order valence-electron chi connectivity index (χ4n) is 0.760. The predicted molar refractivity (Wildman–Crippen MR) is 57.4 cm³/mol. The Kier molecular flexibility index (Phi) is 6.46. The van der Waals surface area contributed by atoms with Gasteiger partial charge in [0.2, 0.25) is 0 Å². The van der Waals surface area contributed by atoms with E-state index < -0.39 is 11.9 Å². The second kappa shape index (κ2) is 7.36. The molecule has 1 heterocycles. The van der Waals surface area contributed by atoms with E-state index in [0.29, 0.717) is 0 Å². The third-order valence-electron chi connectivity index (χ3n) is 1.36. The first-order valence-electron chi connectivity index (χ1n) is 4.43. The number of aliphatic carboxylic acids is 1. The number of carbonyl (C=O) groups is 2. The molecule has 0 saturated heterocycles. The van der Waals surface area contributed by atoms with Crippen LogP contribution in [0.25, 0.3) is 0 Å². The van der Waals surface area contributed by atoms with Gasteiger partial charge in [0.15, 0.2) is 0 Å². The van der Waals surface area contributed by atoms with Crippen LogP contribution in [0.4, 0.5) is 0 Å². The van der Waals surface area contributed by atoms with E-state index in [9.17, 15) is 9.59 Å². The quantitative estimate of drug-likeness (QED) is 0.775. The molecule has 0 aliphatic carbocycles. The number of rotatable bonds is 3. The van der Waals surface area contributed by atoms with Crippen molar-refractivity contribution in [2.75, 3.05) is 20.6 Å². The van der Waals surface area contributed by atoms with Gasteiger partial charge in [0.1, 0.15) is 0 Å². The van der Waals surface area contributed by atoms with Crippen molar-refractivity contribution in [3.8, 4) is 0 Å². The molecule has 1 aromatic heterocycles. The molecule has 0 amide bonds. The van der Waals surface area contributed by atoms with Crippen LogP contribution in [-0.4, -0.2) is 52.7 Å². The molecule has 0 radical (unpaired) electrons. The SMILES string of the molecule is CN(C)CC(=O)O.O=C(O)c1cccnc1. The monoisotopic (exact) mass is 226 g/mol. The lowest BCUT2D eigenvalue weighted by Crippen LogP contribution is -2.20. The Bertz CT molecular complexity index is 338. The molecule has 0 aliphatic rings. The lowest BCUT2D eigenvalue weighted by Gasteiger charge is -2.01. The highest BCUT2D eigenvalue weighted by molar-refractivity contribution is 5.86. The molecule has 88 valence electrons. The van der Waals surface area contributed by atoms with E-state index in [4.69, 9.17) is 10.2 Å². The lowest BCUT2D eigenvalue weighted by molar-refractivity contribution is -0.137. The first-order chi connectivity index (χ1) is 7.43. The zero-order chi connectivity index (χ0) is 12.6. The Hall–Kier alpha value is -1.95. The van der Waals surface area contributed by atoms with Gasteiger partial charge in [0.25, 0.3) is 0 Å². The van der Waals surface area contributed by atoms with Crippen LogP contribution < -0.4 is 0 Å². The van der Waals surface area contributed by atoms with Gasteiger partial charge in [-0.25, -0.2) is 4.79 Å². The molecule has 2 N–H and O–H groups in total. The number of pyridine rings is 1. The maximum absolute atomic E-state index is 10.2. The van der Waals surface area contributed by atoms with E-state index in [-0.39, 0.29) is 12.1 Å². The zero-order valence-electron chi connectivity index (χ0n) is 9.12. The molecular formula is C10H14N2O4. The molecule has 6 nitrogen and oxygen atoms in total. The van der Waals surface area contributed by atoms with Crippen molar-refractivity contribution in [1.29, 1.82) is 0 Å². The molecule has 0 spiro atoms. The number of likely N-dealkylation sites (N-methyl/N-ethyl adjacent to an activating group) is 1. The third kappa shape index (κ3) is 7.45. The van der Waals surface area contributed by atoms with E-state index >= 15 is 0 Å². The summed E-state index contributed by atoms with van der Waals surface area (Å²) in [5, 5.41) is 16.4. The van der Waals surface area contributed by atoms with Crippen molar-refractivity contribution in [2.45, 2.75) is 0 Å². The van der Waals surface area contributed by atoms with Crippen molar-refractivity contribution in [1.82, 2.24) is 9.88 Å². The maximum atomic E-state index is 10.2. The number of carboxylic acid groups (broad SMARTS) is 2. The molecule has 0 aliphatic heterocycles. The van der Waals surface area contributed by atoms with Gasteiger partial charge in [-0.05, 0) is 26.2 Å². The molecule has 0 bridgehead atoms. The summed E-state index contributed by atoms with van der Waals surface area (Å²) >= 11 is 0. The van der Waals surface area contributed by atoms with Crippen LogP contribution >= 0.6 is 0 Å². The van der Waals surface area contributed by atoms with Gasteiger partial charge in [-0.2, -0.15) is 0 Å². The van der Waals surface area contributed by atoms with E-state index in [1.165, 1.54) is 18.5 Å². The van der Waals surface area contributed by atoms with Gasteiger partial charge in [-0.15, -0.1) is 0 Å². The summed E-state index contributed by atoms with van der Waals surface area (Å²) < 4.78 is 0. The van der Waals surface area contributed by atoms with Gasteiger partial charge in [0, 0.05) is 12.4 Å². The Morgan fingerprint density at radius 1 is 1.38 bits per heavy atom. The van der Waals surface area contributed by atoms with Crippen LogP contribution in [0.2, 0.25) is 0 Å². The summed E-state index contributed by atoms with van der Waals surface area (Å²) in [4.78, 5) is 25.2. The molecule has 1 rings (SSSR count). The second-order valence-corrected chi connectivity index (χ2v) is 3.18. The van der Waals surface area contributed by atoms with E-state index in [2.05, 4.69) is 4.98 Å². The van der Waals surface area contributed by atoms with Gasteiger partial charge in [-0.1, -0.05) is 0 Å². The van der Waals surface area contributed by atoms with Gasteiger partial charge < -0.3 is 10.2 Å². The summed E-state index contributed by atoms with van der Waals surface area (Å²) in [5.74, 6) is -1.73. The molecule has 0 aromatic carbocycles. The zero-order valence-corrected chi connectivity index (χ0v) is 9.12.